The van der Waals surface area contributed by atoms with Crippen molar-refractivity contribution in [2.45, 2.75) is 69.9 Å². The first kappa shape index (κ1) is 42.2. The van der Waals surface area contributed by atoms with E-state index in [2.05, 4.69) is 22.2 Å². The van der Waals surface area contributed by atoms with Crippen LogP contribution in [-0.4, -0.2) is 103 Å². The Morgan fingerprint density at radius 1 is 1.03 bits per heavy atom. The molecule has 0 spiro atoms. The van der Waals surface area contributed by atoms with Crippen LogP contribution in [0.1, 0.15) is 82.0 Å². The van der Waals surface area contributed by atoms with Crippen molar-refractivity contribution in [1.82, 2.24) is 14.5 Å². The zero-order chi connectivity index (χ0) is 42.3. The molecular weight excluding hydrogens is 797 g/mol. The minimum absolute atomic E-state index is 0.0476. The van der Waals surface area contributed by atoms with Crippen molar-refractivity contribution in [2.75, 3.05) is 56.1 Å². The van der Waals surface area contributed by atoms with Gasteiger partial charge in [0.15, 0.2) is 29.8 Å². The van der Waals surface area contributed by atoms with Crippen LogP contribution in [0.2, 0.25) is 0 Å². The molecule has 17 nitrogen and oxygen atoms in total. The lowest BCUT2D eigenvalue weighted by atomic mass is 10.00. The minimum Gasteiger partial charge on any atom is -0.493 e. The van der Waals surface area contributed by atoms with Gasteiger partial charge < -0.3 is 48.5 Å². The first-order valence-corrected chi connectivity index (χ1v) is 20.7. The van der Waals surface area contributed by atoms with Gasteiger partial charge in [-0.05, 0) is 80.7 Å². The van der Waals surface area contributed by atoms with Crippen LogP contribution in [0.15, 0.2) is 55.3 Å². The van der Waals surface area contributed by atoms with Crippen molar-refractivity contribution in [1.29, 1.82) is 0 Å². The number of fused-ring (bicyclic) bond motifs is 3. The van der Waals surface area contributed by atoms with Gasteiger partial charge in [-0.25, -0.2) is 19.5 Å². The molecule has 2 N–H and O–H groups in total. The fourth-order valence-electron chi connectivity index (χ4n) is 7.56. The monoisotopic (exact) mass is 844 g/mol. The fraction of sp³-hybridized carbons (Fsp3) is 0.429. The smallest absolute Gasteiger partial charge is 0.416 e. The number of carbonyl (C=O) groups is 5. The standard InChI is InChI=1S/C42H48N6O11S/c1-5-17-58-42(53)48-29-23-31(30(54-3)22-27(29)39(51)47-16-8-6-11-28(47)40(48)59-36-13-7-9-18-57-36)56-19-10-12-35(49)44-34-24-46(2)37(45-34)38(50)43-26-14-15-32-25(20-26)21-33(60-32)41(52)55-4/h5,14-15,20-24,28,36,40H,1,6-13,16-19H2,2-4H3,(H,43,50)(H,44,49)/t28-,36?,40?/m0/s1. The van der Waals surface area contributed by atoms with Crippen molar-refractivity contribution in [3.63, 3.8) is 0 Å². The molecule has 3 aliphatic rings. The number of amides is 4. The lowest BCUT2D eigenvalue weighted by Gasteiger charge is -2.42. The van der Waals surface area contributed by atoms with E-state index in [-0.39, 0.29) is 72.3 Å². The molecular formula is C42H48N6O11S. The summed E-state index contributed by atoms with van der Waals surface area (Å²) in [5, 5.41) is 6.32. The average Bonchev–Trinajstić information content (AvgIpc) is 3.84. The van der Waals surface area contributed by atoms with Gasteiger partial charge in [0, 0.05) is 49.3 Å². The Bertz CT molecular complexity index is 2270. The maximum absolute atomic E-state index is 14.2. The SMILES string of the molecule is C=CCOC(=O)N1c2cc(OCCCC(=O)Nc3cn(C)c(C(=O)Nc4ccc5sc(C(=O)OC)cc5c4)n3)c(OC)cc2C(=O)N2CCCC[C@H]2C1OC1CCCCO1. The van der Waals surface area contributed by atoms with Gasteiger partial charge in [0.1, 0.15) is 11.5 Å². The summed E-state index contributed by atoms with van der Waals surface area (Å²) in [7, 11) is 4.42. The number of piperidine rings is 1. The number of anilines is 3. The first-order chi connectivity index (χ1) is 29.1. The number of imidazole rings is 1. The number of hydrogen-bond acceptors (Lipinski definition) is 13. The van der Waals surface area contributed by atoms with E-state index in [4.69, 9.17) is 28.4 Å². The van der Waals surface area contributed by atoms with Crippen molar-refractivity contribution < 1.29 is 52.4 Å². The number of hydrogen-bond donors (Lipinski definition) is 2. The second-order valence-corrected chi connectivity index (χ2v) is 15.6. The molecule has 0 saturated carbocycles. The van der Waals surface area contributed by atoms with E-state index in [0.29, 0.717) is 36.6 Å². The second kappa shape index (κ2) is 18.9. The lowest BCUT2D eigenvalue weighted by molar-refractivity contribution is -0.198. The van der Waals surface area contributed by atoms with Gasteiger partial charge in [-0.2, -0.15) is 0 Å². The number of aryl methyl sites for hydroxylation is 1. The van der Waals surface area contributed by atoms with E-state index in [1.807, 2.05) is 0 Å². The Morgan fingerprint density at radius 2 is 1.87 bits per heavy atom. The summed E-state index contributed by atoms with van der Waals surface area (Å²) in [5.41, 5.74) is 0.983. The fourth-order valence-corrected chi connectivity index (χ4v) is 8.52. The van der Waals surface area contributed by atoms with Crippen molar-refractivity contribution in [2.24, 2.45) is 7.05 Å². The molecule has 2 aromatic heterocycles. The maximum atomic E-state index is 14.2. The zero-order valence-corrected chi connectivity index (χ0v) is 34.5. The lowest BCUT2D eigenvalue weighted by Crippen LogP contribution is -2.57. The molecule has 3 aliphatic heterocycles. The van der Waals surface area contributed by atoms with Gasteiger partial charge in [0.25, 0.3) is 11.8 Å². The molecule has 0 aliphatic carbocycles. The van der Waals surface area contributed by atoms with Crippen molar-refractivity contribution in [3.8, 4) is 11.5 Å². The normalized spacial score (nSPS) is 18.8. The summed E-state index contributed by atoms with van der Waals surface area (Å²) >= 11 is 1.29. The summed E-state index contributed by atoms with van der Waals surface area (Å²) in [6, 6.07) is 9.67. The third-order valence-electron chi connectivity index (χ3n) is 10.4. The van der Waals surface area contributed by atoms with Crippen LogP contribution >= 0.6 is 11.3 Å². The molecule has 2 fully saturated rings. The van der Waals surface area contributed by atoms with E-state index < -0.39 is 36.5 Å². The highest BCUT2D eigenvalue weighted by atomic mass is 32.1. The van der Waals surface area contributed by atoms with Crippen LogP contribution in [-0.2, 0) is 30.8 Å². The third kappa shape index (κ3) is 9.25. The number of esters is 1. The third-order valence-corrected chi connectivity index (χ3v) is 11.5. The predicted octanol–water partition coefficient (Wildman–Crippen LogP) is 6.49. The van der Waals surface area contributed by atoms with Crippen LogP contribution in [0, 0.1) is 0 Å². The number of nitrogens with one attached hydrogen (secondary N) is 2. The molecule has 5 heterocycles. The van der Waals surface area contributed by atoms with E-state index in [0.717, 1.165) is 35.8 Å². The molecule has 7 rings (SSSR count). The summed E-state index contributed by atoms with van der Waals surface area (Å²) < 4.78 is 37.1. The number of ether oxygens (including phenoxy) is 6. The van der Waals surface area contributed by atoms with Gasteiger partial charge in [-0.15, -0.1) is 11.3 Å². The highest BCUT2D eigenvalue weighted by molar-refractivity contribution is 7.20. The second-order valence-electron chi connectivity index (χ2n) is 14.5. The number of thiophene rings is 1. The highest BCUT2D eigenvalue weighted by Gasteiger charge is 2.47. The van der Waals surface area contributed by atoms with E-state index in [1.54, 1.807) is 48.3 Å². The van der Waals surface area contributed by atoms with Crippen molar-refractivity contribution in [3.05, 3.63) is 71.5 Å². The van der Waals surface area contributed by atoms with Crippen LogP contribution in [0.4, 0.5) is 22.0 Å². The topological polar surface area (TPSA) is 189 Å². The molecule has 318 valence electrons. The Hall–Kier alpha value is -5.98. The van der Waals surface area contributed by atoms with Gasteiger partial charge in [0.2, 0.25) is 11.7 Å². The molecule has 4 amide bonds. The van der Waals surface area contributed by atoms with E-state index in [1.165, 1.54) is 47.3 Å². The molecule has 0 radical (unpaired) electrons. The maximum Gasteiger partial charge on any atom is 0.416 e. The van der Waals surface area contributed by atoms with Crippen LogP contribution in [0.25, 0.3) is 10.1 Å². The number of methoxy groups -OCH3 is 2. The molecule has 2 saturated heterocycles. The number of rotatable bonds is 14. The van der Waals surface area contributed by atoms with E-state index >= 15 is 0 Å². The number of aromatic nitrogens is 2. The molecule has 3 atom stereocenters. The van der Waals surface area contributed by atoms with Crippen LogP contribution < -0.4 is 25.0 Å². The summed E-state index contributed by atoms with van der Waals surface area (Å²) in [6.07, 6.45) is 5.89. The van der Waals surface area contributed by atoms with Gasteiger partial charge in [0.05, 0.1) is 38.1 Å². The Labute approximate surface area is 350 Å². The molecule has 4 aromatic rings. The molecule has 2 aromatic carbocycles. The average molecular weight is 845 g/mol. The summed E-state index contributed by atoms with van der Waals surface area (Å²) in [6.45, 7) is 4.73. The molecule has 2 unspecified atom stereocenters. The molecule has 60 heavy (non-hydrogen) atoms. The van der Waals surface area contributed by atoms with Crippen LogP contribution in [0.5, 0.6) is 11.5 Å². The Morgan fingerprint density at radius 3 is 2.63 bits per heavy atom. The van der Waals surface area contributed by atoms with Gasteiger partial charge in [-0.1, -0.05) is 12.7 Å². The Kier molecular flexibility index (Phi) is 13.3. The zero-order valence-electron chi connectivity index (χ0n) is 33.7. The number of benzene rings is 2. The largest absolute Gasteiger partial charge is 0.493 e. The van der Waals surface area contributed by atoms with Gasteiger partial charge >= 0.3 is 12.1 Å². The highest BCUT2D eigenvalue weighted by Crippen LogP contribution is 2.42. The minimum atomic E-state index is -0.905. The molecule has 0 bridgehead atoms. The van der Waals surface area contributed by atoms with Crippen LogP contribution in [0.3, 0.4) is 0 Å². The van der Waals surface area contributed by atoms with Gasteiger partial charge in [-0.3, -0.25) is 14.4 Å². The van der Waals surface area contributed by atoms with E-state index in [9.17, 15) is 24.0 Å². The number of carbonyl (C=O) groups excluding carboxylic acids is 5. The summed E-state index contributed by atoms with van der Waals surface area (Å²) in [5.74, 6) is -0.760. The van der Waals surface area contributed by atoms with Crippen molar-refractivity contribution >= 4 is 68.4 Å². The first-order valence-electron chi connectivity index (χ1n) is 19.8. The summed E-state index contributed by atoms with van der Waals surface area (Å²) in [4.78, 5) is 74.2. The molecule has 18 heteroatoms. The predicted molar refractivity (Wildman–Crippen MR) is 222 cm³/mol. The Balaban J connectivity index is 1.02. The quantitative estimate of drug-likeness (QED) is 0.0799. The number of nitrogens with zero attached hydrogens (tertiary/aromatic N) is 4.